The third-order valence-corrected chi connectivity index (χ3v) is 15.4. The van der Waals surface area contributed by atoms with E-state index in [0.29, 0.717) is 47.6 Å². The maximum absolute atomic E-state index is 14.4. The van der Waals surface area contributed by atoms with Crippen LogP contribution in [0.25, 0.3) is 16.6 Å². The summed E-state index contributed by atoms with van der Waals surface area (Å²) in [6.45, 7) is 11.9. The number of sulfonamides is 1. The Balaban J connectivity index is 0.966. The molecule has 0 radical (unpaired) electrons. The van der Waals surface area contributed by atoms with Gasteiger partial charge in [0.15, 0.2) is 0 Å². The smallest absolute Gasteiger partial charge is 0.293 e. The van der Waals surface area contributed by atoms with Gasteiger partial charge >= 0.3 is 0 Å². The molecular formula is C49H57ClN8O10S. The number of pyridine rings is 1. The van der Waals surface area contributed by atoms with Crippen molar-refractivity contribution in [1.29, 1.82) is 0 Å². The van der Waals surface area contributed by atoms with Crippen molar-refractivity contribution >= 4 is 72.6 Å². The summed E-state index contributed by atoms with van der Waals surface area (Å²) in [6, 6.07) is 20.3. The van der Waals surface area contributed by atoms with Crippen molar-refractivity contribution in [3.63, 3.8) is 0 Å². The van der Waals surface area contributed by atoms with Gasteiger partial charge in [-0.3, -0.25) is 19.8 Å². The second-order valence-electron chi connectivity index (χ2n) is 19.6. The first-order valence-corrected chi connectivity index (χ1v) is 24.9. The molecule has 1 aliphatic carbocycles. The lowest BCUT2D eigenvalue weighted by Gasteiger charge is -2.45. The Morgan fingerprint density at radius 3 is 2.45 bits per heavy atom. The second kappa shape index (κ2) is 18.8. The summed E-state index contributed by atoms with van der Waals surface area (Å²) in [5.74, 6) is -0.613. The fourth-order valence-corrected chi connectivity index (χ4v) is 10.9. The molecule has 0 spiro atoms. The molecule has 20 heteroatoms. The quantitative estimate of drug-likeness (QED) is 0.0601. The van der Waals surface area contributed by atoms with Crippen LogP contribution in [0.15, 0.2) is 89.5 Å². The lowest BCUT2D eigenvalue weighted by Crippen LogP contribution is -2.63. The molecule has 366 valence electrons. The third kappa shape index (κ3) is 9.99. The molecule has 0 saturated carbocycles. The van der Waals surface area contributed by atoms with Crippen molar-refractivity contribution in [2.75, 3.05) is 67.5 Å². The highest BCUT2D eigenvalue weighted by Gasteiger charge is 2.48. The molecular weight excluding hydrogens is 928 g/mol. The van der Waals surface area contributed by atoms with Gasteiger partial charge in [-0.2, -0.15) is 4.98 Å². The molecule has 2 aromatic heterocycles. The Morgan fingerprint density at radius 2 is 1.71 bits per heavy atom. The van der Waals surface area contributed by atoms with Crippen molar-refractivity contribution in [1.82, 2.24) is 19.6 Å². The Labute approximate surface area is 405 Å². The van der Waals surface area contributed by atoms with Gasteiger partial charge in [0, 0.05) is 67.6 Å². The average Bonchev–Trinajstić information content (AvgIpc) is 3.79. The first kappa shape index (κ1) is 48.2. The van der Waals surface area contributed by atoms with Gasteiger partial charge in [-0.15, -0.1) is 0 Å². The number of H-pyrrole nitrogens is 1. The highest BCUT2D eigenvalue weighted by atomic mass is 35.5. The zero-order chi connectivity index (χ0) is 49.0. The van der Waals surface area contributed by atoms with Gasteiger partial charge in [0.1, 0.15) is 48.0 Å². The zero-order valence-corrected chi connectivity index (χ0v) is 40.4. The fraction of sp³-hybridized carbons (Fsp3) is 0.429. The number of halogens is 1. The Morgan fingerprint density at radius 1 is 0.957 bits per heavy atom. The maximum atomic E-state index is 14.4. The monoisotopic (exact) mass is 984 g/mol. The molecule has 69 heavy (non-hydrogen) atoms. The number of allylic oxidation sites excluding steroid dienone is 1. The highest BCUT2D eigenvalue weighted by molar-refractivity contribution is 7.90. The number of benzene rings is 3. The minimum absolute atomic E-state index is 0.0407. The number of aromatic nitrogens is 2. The number of amides is 1. The van der Waals surface area contributed by atoms with Crippen LogP contribution in [0.3, 0.4) is 0 Å². The number of hydrogen-bond donors (Lipinski definition) is 6. The van der Waals surface area contributed by atoms with E-state index in [-0.39, 0.29) is 29.8 Å². The van der Waals surface area contributed by atoms with Crippen molar-refractivity contribution in [3.05, 3.63) is 111 Å². The standard InChI is InChI=1S/C49H57ClN8O10S/c1-48(2)15-13-31(36(26-48)29-5-7-32(50)8-6-29)28-55-17-19-56(20-18-55)33-9-11-35(38(24-33)57-21-22-67-47-40(57)23-30-14-16-51-45(30)53-47)46(62)54-69(65,66)34-10-12-37(39(25-34)58(63)64)52-27-41-42(59)43(60)44(61)49(3,4)68-41/h5-12,14,16,23-25,41-44,52,59-61H,13,15,17-22,26-28H2,1-4H3,(H,51,53)(H,54,62). The SMILES string of the molecule is CC1(C)CCC(CN2CCN(c3ccc(C(=O)NS(=O)(=O)c4ccc(NCC5OC(C)(C)C(O)C(O)C5O)c([N+](=O)[O-])c4)c(N4CCOc5nc6[nH]ccc6cc54)c3)CC2)=C(c2ccc(Cl)cc2)C1. The molecule has 2 fully saturated rings. The van der Waals surface area contributed by atoms with E-state index in [2.05, 4.69) is 55.8 Å². The lowest BCUT2D eigenvalue weighted by atomic mass is 9.72. The largest absolute Gasteiger partial charge is 0.474 e. The van der Waals surface area contributed by atoms with Crippen LogP contribution in [0.2, 0.25) is 5.02 Å². The molecule has 4 aliphatic rings. The van der Waals surface area contributed by atoms with Gasteiger partial charge in [-0.05, 0) is 104 Å². The summed E-state index contributed by atoms with van der Waals surface area (Å²) < 4.78 is 41.9. The maximum Gasteiger partial charge on any atom is 0.293 e. The highest BCUT2D eigenvalue weighted by Crippen LogP contribution is 2.44. The molecule has 4 atom stereocenters. The van der Waals surface area contributed by atoms with Crippen LogP contribution in [0.4, 0.5) is 28.4 Å². The normalized spacial score (nSPS) is 22.8. The van der Waals surface area contributed by atoms with Crippen LogP contribution in [-0.4, -0.2) is 132 Å². The number of carbonyl (C=O) groups excluding carboxylic acids is 1. The molecule has 6 N–H and O–H groups in total. The fourth-order valence-electron chi connectivity index (χ4n) is 9.82. The van der Waals surface area contributed by atoms with Crippen molar-refractivity contribution in [3.8, 4) is 5.88 Å². The third-order valence-electron chi connectivity index (χ3n) is 13.8. The number of piperazine rings is 1. The van der Waals surface area contributed by atoms with E-state index < -0.39 is 61.5 Å². The Hall–Kier alpha value is -5.80. The van der Waals surface area contributed by atoms with Crippen molar-refractivity contribution in [2.45, 2.75) is 81.9 Å². The van der Waals surface area contributed by atoms with Crippen LogP contribution in [0.1, 0.15) is 62.9 Å². The molecule has 18 nitrogen and oxygen atoms in total. The number of hydrogen-bond acceptors (Lipinski definition) is 15. The van der Waals surface area contributed by atoms with Gasteiger partial charge in [0.25, 0.3) is 21.6 Å². The van der Waals surface area contributed by atoms with Crippen LogP contribution in [0.5, 0.6) is 5.88 Å². The molecule has 5 aromatic rings. The predicted octanol–water partition coefficient (Wildman–Crippen LogP) is 6.23. The van der Waals surface area contributed by atoms with Crippen LogP contribution in [-0.2, 0) is 14.8 Å². The minimum atomic E-state index is -4.70. The van der Waals surface area contributed by atoms with E-state index >= 15 is 0 Å². The summed E-state index contributed by atoms with van der Waals surface area (Å²) in [5.41, 5.74) is 4.80. The molecule has 4 unspecified atom stereocenters. The van der Waals surface area contributed by atoms with Gasteiger partial charge in [-0.1, -0.05) is 43.2 Å². The number of ether oxygens (including phenoxy) is 2. The van der Waals surface area contributed by atoms with Crippen molar-refractivity contribution < 1.29 is 42.9 Å². The number of anilines is 4. The van der Waals surface area contributed by atoms with E-state index in [4.69, 9.17) is 21.1 Å². The minimum Gasteiger partial charge on any atom is -0.474 e. The molecule has 5 heterocycles. The predicted molar refractivity (Wildman–Crippen MR) is 263 cm³/mol. The van der Waals surface area contributed by atoms with Crippen LogP contribution < -0.4 is 24.6 Å². The molecule has 1 amide bonds. The van der Waals surface area contributed by atoms with E-state index in [1.165, 1.54) is 36.6 Å². The summed E-state index contributed by atoms with van der Waals surface area (Å²) in [7, 11) is -4.70. The van der Waals surface area contributed by atoms with Crippen LogP contribution in [0, 0.1) is 15.5 Å². The number of nitrogens with one attached hydrogen (secondary N) is 3. The summed E-state index contributed by atoms with van der Waals surface area (Å²) in [6.07, 6.45) is -0.622. The van der Waals surface area contributed by atoms with E-state index in [1.807, 2.05) is 35.2 Å². The molecule has 9 rings (SSSR count). The molecule has 2 saturated heterocycles. The number of aliphatic hydroxyl groups is 3. The summed E-state index contributed by atoms with van der Waals surface area (Å²) in [5, 5.41) is 47.9. The Bertz CT molecular complexity index is 2920. The second-order valence-corrected chi connectivity index (χ2v) is 21.7. The first-order valence-electron chi connectivity index (χ1n) is 23.0. The Kier molecular flexibility index (Phi) is 13.2. The molecule has 3 aromatic carbocycles. The van der Waals surface area contributed by atoms with Gasteiger partial charge in [0.05, 0.1) is 33.2 Å². The average molecular weight is 986 g/mol. The number of aromatic amines is 1. The summed E-state index contributed by atoms with van der Waals surface area (Å²) in [4.78, 5) is 39.8. The zero-order valence-electron chi connectivity index (χ0n) is 38.8. The van der Waals surface area contributed by atoms with Crippen LogP contribution >= 0.6 is 11.6 Å². The van der Waals surface area contributed by atoms with E-state index in [1.54, 1.807) is 18.3 Å². The number of fused-ring (bicyclic) bond motifs is 2. The van der Waals surface area contributed by atoms with Gasteiger partial charge in [0.2, 0.25) is 5.88 Å². The molecule has 3 aliphatic heterocycles. The number of nitro groups is 1. The van der Waals surface area contributed by atoms with Gasteiger partial charge < -0.3 is 44.9 Å². The topological polar surface area (TPSA) is 236 Å². The van der Waals surface area contributed by atoms with Gasteiger partial charge in [-0.25, -0.2) is 13.1 Å². The van der Waals surface area contributed by atoms with E-state index in [0.717, 1.165) is 62.1 Å². The first-order chi connectivity index (χ1) is 32.8. The summed E-state index contributed by atoms with van der Waals surface area (Å²) >= 11 is 6.26. The number of nitro benzene ring substituents is 1. The molecule has 0 bridgehead atoms. The van der Waals surface area contributed by atoms with Crippen molar-refractivity contribution in [2.24, 2.45) is 5.41 Å². The number of carbonyl (C=O) groups is 1. The lowest BCUT2D eigenvalue weighted by molar-refractivity contribution is -0.384. The van der Waals surface area contributed by atoms with E-state index in [9.17, 15) is 38.6 Å². The number of aliphatic hydroxyl groups excluding tert-OH is 3. The number of nitrogens with zero attached hydrogens (tertiary/aromatic N) is 5. The number of rotatable bonds is 12.